The van der Waals surface area contributed by atoms with Crippen LogP contribution in [0.15, 0.2) is 18.2 Å². The van der Waals surface area contributed by atoms with Crippen LogP contribution in [0, 0.1) is 5.92 Å². The van der Waals surface area contributed by atoms with Gasteiger partial charge in [-0.1, -0.05) is 13.8 Å². The summed E-state index contributed by atoms with van der Waals surface area (Å²) in [6.07, 6.45) is 0. The molecule has 0 saturated carbocycles. The van der Waals surface area contributed by atoms with E-state index in [1.807, 2.05) is 13.8 Å². The average Bonchev–Trinajstić information content (AvgIpc) is 2.37. The largest absolute Gasteiger partial charge is 0.497 e. The van der Waals surface area contributed by atoms with Gasteiger partial charge in [-0.2, -0.15) is 12.6 Å². The molecule has 0 aliphatic carbocycles. The first-order valence-electron chi connectivity index (χ1n) is 5.70. The molecule has 1 aromatic carbocycles. The van der Waals surface area contributed by atoms with E-state index in [1.165, 1.54) is 0 Å². The maximum Gasteiger partial charge on any atom is 0.237 e. The van der Waals surface area contributed by atoms with Crippen molar-refractivity contribution >= 4 is 24.2 Å². The molecule has 18 heavy (non-hydrogen) atoms. The van der Waals surface area contributed by atoms with Gasteiger partial charge in [0.2, 0.25) is 5.91 Å². The van der Waals surface area contributed by atoms with Crippen molar-refractivity contribution in [2.75, 3.05) is 19.5 Å². The van der Waals surface area contributed by atoms with Crippen LogP contribution >= 0.6 is 12.6 Å². The Bertz CT molecular complexity index is 421. The molecule has 0 aliphatic rings. The number of benzene rings is 1. The van der Waals surface area contributed by atoms with Gasteiger partial charge < -0.3 is 14.8 Å². The first-order chi connectivity index (χ1) is 8.49. The first kappa shape index (κ1) is 14.7. The lowest BCUT2D eigenvalue weighted by atomic mass is 10.1. The smallest absolute Gasteiger partial charge is 0.237 e. The molecule has 0 heterocycles. The van der Waals surface area contributed by atoms with E-state index >= 15 is 0 Å². The number of hydrogen-bond acceptors (Lipinski definition) is 4. The van der Waals surface area contributed by atoms with E-state index in [0.29, 0.717) is 17.2 Å². The monoisotopic (exact) mass is 269 g/mol. The lowest BCUT2D eigenvalue weighted by Crippen LogP contribution is -2.27. The summed E-state index contributed by atoms with van der Waals surface area (Å²) in [6, 6.07) is 5.23. The van der Waals surface area contributed by atoms with Crippen LogP contribution < -0.4 is 14.8 Å². The minimum absolute atomic E-state index is 0.142. The predicted octanol–water partition coefficient (Wildman–Crippen LogP) is 2.60. The molecule has 5 heteroatoms. The summed E-state index contributed by atoms with van der Waals surface area (Å²) >= 11 is 4.27. The highest BCUT2D eigenvalue weighted by Crippen LogP contribution is 2.29. The van der Waals surface area contributed by atoms with Crippen molar-refractivity contribution in [3.63, 3.8) is 0 Å². The highest BCUT2D eigenvalue weighted by molar-refractivity contribution is 7.81. The molecular weight excluding hydrogens is 250 g/mol. The molecule has 0 saturated heterocycles. The summed E-state index contributed by atoms with van der Waals surface area (Å²) in [5.74, 6) is 1.26. The predicted molar refractivity (Wildman–Crippen MR) is 75.8 cm³/mol. The van der Waals surface area contributed by atoms with Gasteiger partial charge in [0.25, 0.3) is 0 Å². The van der Waals surface area contributed by atoms with E-state index in [9.17, 15) is 4.79 Å². The normalized spacial score (nSPS) is 12.1. The lowest BCUT2D eigenvalue weighted by Gasteiger charge is -2.16. The minimum atomic E-state index is -0.350. The van der Waals surface area contributed by atoms with E-state index in [-0.39, 0.29) is 17.1 Å². The molecule has 0 bridgehead atoms. The second kappa shape index (κ2) is 6.54. The maximum absolute atomic E-state index is 11.9. The standard InChI is InChI=1S/C13H19NO3S/c1-8(2)12(18)13(15)14-10-6-5-9(16-3)7-11(10)17-4/h5-8,12,18H,1-4H3,(H,14,15). The van der Waals surface area contributed by atoms with Crippen LogP contribution in [0.1, 0.15) is 13.8 Å². The Morgan fingerprint density at radius 1 is 1.28 bits per heavy atom. The van der Waals surface area contributed by atoms with Crippen molar-refractivity contribution in [3.8, 4) is 11.5 Å². The second-order valence-electron chi connectivity index (χ2n) is 4.24. The molecular formula is C13H19NO3S. The molecule has 0 radical (unpaired) electrons. The molecule has 0 spiro atoms. The molecule has 4 nitrogen and oxygen atoms in total. The number of carbonyl (C=O) groups is 1. The van der Waals surface area contributed by atoms with E-state index < -0.39 is 0 Å². The number of methoxy groups -OCH3 is 2. The number of rotatable bonds is 5. The summed E-state index contributed by atoms with van der Waals surface area (Å²) in [4.78, 5) is 11.9. The summed E-state index contributed by atoms with van der Waals surface area (Å²) < 4.78 is 10.3. The second-order valence-corrected chi connectivity index (χ2v) is 4.80. The summed E-state index contributed by atoms with van der Waals surface area (Å²) in [5, 5.41) is 2.45. The molecule has 1 amide bonds. The average molecular weight is 269 g/mol. The Morgan fingerprint density at radius 2 is 1.94 bits per heavy atom. The number of nitrogens with one attached hydrogen (secondary N) is 1. The number of carbonyl (C=O) groups excluding carboxylic acids is 1. The number of thiol groups is 1. The zero-order valence-electron chi connectivity index (χ0n) is 11.1. The van der Waals surface area contributed by atoms with Crippen LogP contribution in [0.4, 0.5) is 5.69 Å². The summed E-state index contributed by atoms with van der Waals surface area (Å²) in [7, 11) is 3.13. The fraction of sp³-hybridized carbons (Fsp3) is 0.462. The molecule has 1 rings (SSSR count). The number of amides is 1. The van der Waals surface area contributed by atoms with Crippen molar-refractivity contribution < 1.29 is 14.3 Å². The van der Waals surface area contributed by atoms with Gasteiger partial charge >= 0.3 is 0 Å². The Hall–Kier alpha value is -1.36. The molecule has 0 aromatic heterocycles. The molecule has 0 fully saturated rings. The minimum Gasteiger partial charge on any atom is -0.497 e. The zero-order chi connectivity index (χ0) is 13.7. The molecule has 1 unspecified atom stereocenters. The van der Waals surface area contributed by atoms with Crippen LogP contribution in [0.5, 0.6) is 11.5 Å². The zero-order valence-corrected chi connectivity index (χ0v) is 12.0. The lowest BCUT2D eigenvalue weighted by molar-refractivity contribution is -0.116. The fourth-order valence-corrected chi connectivity index (χ4v) is 1.48. The van der Waals surface area contributed by atoms with Crippen LogP contribution in [-0.4, -0.2) is 25.4 Å². The molecule has 1 atom stereocenters. The number of ether oxygens (including phenoxy) is 2. The fourth-order valence-electron chi connectivity index (χ4n) is 1.41. The van der Waals surface area contributed by atoms with Gasteiger partial charge in [0, 0.05) is 6.07 Å². The Kier molecular flexibility index (Phi) is 5.34. The van der Waals surface area contributed by atoms with E-state index in [0.717, 1.165) is 0 Å². The third kappa shape index (κ3) is 3.57. The van der Waals surface area contributed by atoms with E-state index in [4.69, 9.17) is 9.47 Å². The third-order valence-corrected chi connectivity index (χ3v) is 3.40. The topological polar surface area (TPSA) is 47.6 Å². The van der Waals surface area contributed by atoms with Crippen molar-refractivity contribution in [2.45, 2.75) is 19.1 Å². The van der Waals surface area contributed by atoms with Crippen molar-refractivity contribution in [2.24, 2.45) is 5.92 Å². The third-order valence-electron chi connectivity index (χ3n) is 2.57. The van der Waals surface area contributed by atoms with Crippen LogP contribution in [0.2, 0.25) is 0 Å². The van der Waals surface area contributed by atoms with Gasteiger partial charge in [-0.15, -0.1) is 0 Å². The number of hydrogen-bond donors (Lipinski definition) is 2. The highest BCUT2D eigenvalue weighted by Gasteiger charge is 2.19. The van der Waals surface area contributed by atoms with Crippen molar-refractivity contribution in [1.82, 2.24) is 0 Å². The van der Waals surface area contributed by atoms with Crippen molar-refractivity contribution in [3.05, 3.63) is 18.2 Å². The highest BCUT2D eigenvalue weighted by atomic mass is 32.1. The Labute approximate surface area is 113 Å². The Morgan fingerprint density at radius 3 is 2.44 bits per heavy atom. The van der Waals surface area contributed by atoms with Gasteiger partial charge in [-0.05, 0) is 18.1 Å². The van der Waals surface area contributed by atoms with Crippen LogP contribution in [0.3, 0.4) is 0 Å². The van der Waals surface area contributed by atoms with Gasteiger partial charge in [0.15, 0.2) is 0 Å². The van der Waals surface area contributed by atoms with E-state index in [2.05, 4.69) is 17.9 Å². The van der Waals surface area contributed by atoms with E-state index in [1.54, 1.807) is 32.4 Å². The quantitative estimate of drug-likeness (QED) is 0.808. The molecule has 1 aromatic rings. The Balaban J connectivity index is 2.87. The van der Waals surface area contributed by atoms with Gasteiger partial charge in [-0.25, -0.2) is 0 Å². The molecule has 0 aliphatic heterocycles. The molecule has 100 valence electrons. The first-order valence-corrected chi connectivity index (χ1v) is 6.22. The summed E-state index contributed by atoms with van der Waals surface area (Å²) in [6.45, 7) is 3.89. The SMILES string of the molecule is COc1ccc(NC(=O)C(S)C(C)C)c(OC)c1. The number of anilines is 1. The summed E-state index contributed by atoms with van der Waals surface area (Å²) in [5.41, 5.74) is 0.614. The van der Waals surface area contributed by atoms with Crippen LogP contribution in [0.25, 0.3) is 0 Å². The van der Waals surface area contributed by atoms with Crippen molar-refractivity contribution in [1.29, 1.82) is 0 Å². The maximum atomic E-state index is 11.9. The van der Waals surface area contributed by atoms with Gasteiger partial charge in [0.1, 0.15) is 11.5 Å². The molecule has 1 N–H and O–H groups in total. The van der Waals surface area contributed by atoms with Crippen LogP contribution in [-0.2, 0) is 4.79 Å². The van der Waals surface area contributed by atoms with Gasteiger partial charge in [-0.3, -0.25) is 4.79 Å². The van der Waals surface area contributed by atoms with Gasteiger partial charge in [0.05, 0.1) is 25.2 Å².